The number of unbranched alkanes of at least 4 members (excludes halogenated alkanes) is 1. The topological polar surface area (TPSA) is 278 Å². The Bertz CT molecular complexity index is 2260. The van der Waals surface area contributed by atoms with E-state index in [2.05, 4.69) is 16.0 Å². The standard InChI is InChI=1S/C50H73N7O14S/c1-28-14-13-16-38(68-9)50(66)26-37(69-48(65)54-50)30(3)44-49(5,71-44)39(25-43(61)56(7)35-23-32(22-28)24-36(67-8)29(35)2)70-47(64)31(4)55(6)46(63)34(27-72-10)53-45(62)33(15-11-12-20-51)52-40(58)19-21-57-41(59)17-18-42(57)60/h13-14,16,23-24,30-31,33-34,37-39,44,66H,11-12,15,17-22,25-27,51H2,1-10H3,(H,52,58)(H,53,62)(H,54,65)/b16-13+,28-14+/t30?,31-,33+,34?,37?,38?,39?,44?,49?,50?/m0/s1. The summed E-state index contributed by atoms with van der Waals surface area (Å²) in [5, 5.41) is 19.8. The van der Waals surface area contributed by atoms with Crippen LogP contribution in [0.3, 0.4) is 0 Å². The van der Waals surface area contributed by atoms with Crippen molar-refractivity contribution in [1.29, 1.82) is 0 Å². The lowest BCUT2D eigenvalue weighted by Gasteiger charge is -2.42. The normalized spacial score (nSPS) is 28.0. The van der Waals surface area contributed by atoms with E-state index in [1.165, 1.54) is 44.9 Å². The van der Waals surface area contributed by atoms with Gasteiger partial charge in [0.2, 0.25) is 35.4 Å². The Morgan fingerprint density at radius 1 is 1.06 bits per heavy atom. The van der Waals surface area contributed by atoms with Crippen molar-refractivity contribution in [3.05, 3.63) is 47.1 Å². The van der Waals surface area contributed by atoms with Gasteiger partial charge in [-0.3, -0.25) is 39.0 Å². The molecule has 7 amide bonds. The first-order chi connectivity index (χ1) is 34.0. The zero-order valence-corrected chi connectivity index (χ0v) is 43.9. The third-order valence-electron chi connectivity index (χ3n) is 14.1. The zero-order chi connectivity index (χ0) is 53.2. The van der Waals surface area contributed by atoms with Crippen molar-refractivity contribution in [2.75, 3.05) is 58.3 Å². The highest BCUT2D eigenvalue weighted by atomic mass is 32.2. The number of benzene rings is 1. The van der Waals surface area contributed by atoms with Gasteiger partial charge in [-0.05, 0) is 83.9 Å². The highest BCUT2D eigenvalue weighted by molar-refractivity contribution is 7.98. The van der Waals surface area contributed by atoms with E-state index in [9.17, 15) is 43.5 Å². The van der Waals surface area contributed by atoms with Gasteiger partial charge in [0.05, 0.1) is 25.3 Å². The second-order valence-corrected chi connectivity index (χ2v) is 20.2. The number of carbonyl (C=O) groups is 8. The number of hydrogen-bond acceptors (Lipinski definition) is 16. The van der Waals surface area contributed by atoms with Crippen molar-refractivity contribution >= 4 is 65.0 Å². The van der Waals surface area contributed by atoms with Gasteiger partial charge in [0, 0.05) is 70.7 Å². The number of likely N-dealkylation sites (N-methyl/N-ethyl adjacent to an activating group) is 1. The lowest BCUT2D eigenvalue weighted by Crippen LogP contribution is -2.63. The van der Waals surface area contributed by atoms with Crippen LogP contribution in [-0.2, 0) is 58.9 Å². The molecule has 6 N–H and O–H groups in total. The smallest absolute Gasteiger partial charge is 0.409 e. The molecule has 4 heterocycles. The SMILES string of the molecule is COc1cc2cc(c1C)N(C)C(=O)CC(OC(=O)[C@H](C)N(C)C(=O)C(CSC)NC(=O)[C@@H](CCCCN)NC(=O)CCN1C(=O)CCC1=O)C1(C)OC1C(C)C1CC(O)(NC(=O)O1)C(OC)/C=C/C=C(\C)C2. The molecule has 0 spiro atoms. The average Bonchev–Trinajstić information content (AvgIpc) is 3.93. The Labute approximate surface area is 425 Å². The molecule has 4 bridgehead atoms. The number of fused-ring (bicyclic) bond motifs is 5. The van der Waals surface area contributed by atoms with Gasteiger partial charge in [-0.15, -0.1) is 0 Å². The van der Waals surface area contributed by atoms with Crippen LogP contribution in [-0.4, -0.2) is 170 Å². The van der Waals surface area contributed by atoms with Crippen LogP contribution in [0.2, 0.25) is 0 Å². The zero-order valence-electron chi connectivity index (χ0n) is 43.1. The largest absolute Gasteiger partial charge is 0.496 e. The van der Waals surface area contributed by atoms with E-state index in [1.807, 2.05) is 32.1 Å². The van der Waals surface area contributed by atoms with E-state index < -0.39 is 95.5 Å². The maximum Gasteiger partial charge on any atom is 0.409 e. The molecule has 5 rings (SSSR count). The molecule has 8 unspecified atom stereocenters. The molecule has 21 nitrogen and oxygen atoms in total. The number of nitrogens with one attached hydrogen (secondary N) is 3. The highest BCUT2D eigenvalue weighted by Crippen LogP contribution is 2.49. The van der Waals surface area contributed by atoms with Crippen LogP contribution in [0.15, 0.2) is 35.9 Å². The van der Waals surface area contributed by atoms with E-state index in [-0.39, 0.29) is 62.6 Å². The Morgan fingerprint density at radius 2 is 1.75 bits per heavy atom. The number of alkyl carbamates (subject to hydrolysis) is 1. The number of rotatable bonds is 18. The van der Waals surface area contributed by atoms with Gasteiger partial charge in [0.1, 0.15) is 47.8 Å². The van der Waals surface area contributed by atoms with Gasteiger partial charge >= 0.3 is 12.1 Å². The lowest BCUT2D eigenvalue weighted by molar-refractivity contribution is -0.162. The summed E-state index contributed by atoms with van der Waals surface area (Å²) < 4.78 is 29.7. The Balaban J connectivity index is 1.40. The maximum absolute atomic E-state index is 14.5. The average molecular weight is 1030 g/mol. The van der Waals surface area contributed by atoms with Crippen molar-refractivity contribution in [1.82, 2.24) is 25.8 Å². The van der Waals surface area contributed by atoms with Gasteiger partial charge in [0.15, 0.2) is 5.72 Å². The van der Waals surface area contributed by atoms with E-state index in [4.69, 9.17) is 29.4 Å². The first-order valence-corrected chi connectivity index (χ1v) is 25.7. The number of likely N-dealkylation sites (tertiary alicyclic amines) is 1. The van der Waals surface area contributed by atoms with Crippen LogP contribution >= 0.6 is 11.8 Å². The lowest BCUT2D eigenvalue weighted by atomic mass is 9.83. The van der Waals surface area contributed by atoms with Crippen LogP contribution in [0, 0.1) is 12.8 Å². The van der Waals surface area contributed by atoms with E-state index in [0.717, 1.165) is 20.9 Å². The number of anilines is 1. The van der Waals surface area contributed by atoms with Gasteiger partial charge in [0.25, 0.3) is 0 Å². The van der Waals surface area contributed by atoms with E-state index in [1.54, 1.807) is 39.3 Å². The molecule has 22 heteroatoms. The van der Waals surface area contributed by atoms with E-state index >= 15 is 0 Å². The number of allylic oxidation sites excluding steroid dienone is 3. The molecule has 10 atom stereocenters. The molecule has 398 valence electrons. The van der Waals surface area contributed by atoms with Crippen LogP contribution < -0.4 is 31.3 Å². The minimum atomic E-state index is -1.89. The van der Waals surface area contributed by atoms with Crippen LogP contribution in [0.4, 0.5) is 10.5 Å². The number of ether oxygens (including phenoxy) is 5. The molecule has 1 aromatic carbocycles. The second-order valence-electron chi connectivity index (χ2n) is 19.3. The first-order valence-electron chi connectivity index (χ1n) is 24.3. The third-order valence-corrected chi connectivity index (χ3v) is 14.7. The number of nitrogens with two attached hydrogens (primary N) is 1. The molecule has 3 saturated heterocycles. The van der Waals surface area contributed by atoms with Gasteiger partial charge in [-0.2, -0.15) is 11.8 Å². The van der Waals surface area contributed by atoms with Crippen LogP contribution in [0.25, 0.3) is 0 Å². The van der Waals surface area contributed by atoms with Crippen molar-refractivity contribution in [3.8, 4) is 5.75 Å². The maximum atomic E-state index is 14.5. The van der Waals surface area contributed by atoms with Gasteiger partial charge in [-0.1, -0.05) is 30.7 Å². The summed E-state index contributed by atoms with van der Waals surface area (Å²) in [6.45, 7) is 8.86. The van der Waals surface area contributed by atoms with Crippen molar-refractivity contribution < 1.29 is 67.1 Å². The number of hydrogen-bond donors (Lipinski definition) is 5. The molecule has 0 saturated carbocycles. The number of thioether (sulfide) groups is 1. The fraction of sp³-hybridized carbons (Fsp3) is 0.640. The fourth-order valence-corrected chi connectivity index (χ4v) is 9.98. The van der Waals surface area contributed by atoms with Crippen LogP contribution in [0.1, 0.15) is 90.2 Å². The molecule has 0 aliphatic carbocycles. The second kappa shape index (κ2) is 24.9. The molecule has 0 radical (unpaired) electrons. The molecule has 72 heavy (non-hydrogen) atoms. The summed E-state index contributed by atoms with van der Waals surface area (Å²) in [7, 11) is 5.95. The summed E-state index contributed by atoms with van der Waals surface area (Å²) in [4.78, 5) is 111. The van der Waals surface area contributed by atoms with Crippen molar-refractivity contribution in [3.63, 3.8) is 0 Å². The van der Waals surface area contributed by atoms with E-state index in [0.29, 0.717) is 42.8 Å². The number of esters is 1. The first kappa shape index (κ1) is 57.4. The predicted octanol–water partition coefficient (Wildman–Crippen LogP) is 2.17. The monoisotopic (exact) mass is 1030 g/mol. The highest BCUT2D eigenvalue weighted by Gasteiger charge is 2.64. The third kappa shape index (κ3) is 13.7. The number of nitrogens with zero attached hydrogens (tertiary/aromatic N) is 3. The predicted molar refractivity (Wildman–Crippen MR) is 266 cm³/mol. The summed E-state index contributed by atoms with van der Waals surface area (Å²) in [6, 6.07) is 0.252. The number of aliphatic hydroxyl groups is 1. The molecule has 4 aliphatic heterocycles. The van der Waals surface area contributed by atoms with Gasteiger partial charge < -0.3 is 55.0 Å². The Morgan fingerprint density at radius 3 is 2.39 bits per heavy atom. The number of epoxide rings is 1. The summed E-state index contributed by atoms with van der Waals surface area (Å²) in [5.41, 5.74) is 5.48. The Hall–Kier alpha value is -5.55. The van der Waals surface area contributed by atoms with Gasteiger partial charge in [-0.25, -0.2) is 9.59 Å². The number of carbonyl (C=O) groups excluding carboxylic acids is 8. The fourth-order valence-electron chi connectivity index (χ4n) is 9.42. The van der Waals surface area contributed by atoms with Crippen LogP contribution in [0.5, 0.6) is 5.75 Å². The molecular weight excluding hydrogens is 955 g/mol. The minimum absolute atomic E-state index is 0.0786. The quantitative estimate of drug-likeness (QED) is 0.0610. The molecular formula is C50H73N7O14S. The molecule has 0 aromatic heterocycles. The number of imide groups is 1. The molecule has 4 aliphatic rings. The Kier molecular flexibility index (Phi) is 19.8. The minimum Gasteiger partial charge on any atom is -0.496 e. The van der Waals surface area contributed by atoms with Crippen molar-refractivity contribution in [2.24, 2.45) is 11.7 Å². The summed E-state index contributed by atoms with van der Waals surface area (Å²) in [6.07, 6.45) is 3.28. The van der Waals surface area contributed by atoms with Crippen molar-refractivity contribution in [2.45, 2.75) is 146 Å². The summed E-state index contributed by atoms with van der Waals surface area (Å²) >= 11 is 1.26. The summed E-state index contributed by atoms with van der Waals surface area (Å²) in [5.74, 6) is -3.90. The number of amides is 7. The molecule has 3 fully saturated rings. The number of methoxy groups -OCH3 is 2. The molecule has 1 aromatic rings.